The number of benzene rings is 2. The van der Waals surface area contributed by atoms with E-state index >= 15 is 0 Å². The molecule has 0 unspecified atom stereocenters. The van der Waals surface area contributed by atoms with Crippen molar-refractivity contribution in [2.75, 3.05) is 46.1 Å². The molecule has 0 bridgehead atoms. The Morgan fingerprint density at radius 2 is 1.86 bits per heavy atom. The van der Waals surface area contributed by atoms with Crippen LogP contribution in [0.15, 0.2) is 47.1 Å². The summed E-state index contributed by atoms with van der Waals surface area (Å²) in [5.74, 6) is 2.08. The van der Waals surface area contributed by atoms with Gasteiger partial charge < -0.3 is 18.6 Å². The highest BCUT2D eigenvalue weighted by molar-refractivity contribution is 6.05. The van der Waals surface area contributed by atoms with E-state index in [4.69, 9.17) is 18.6 Å². The summed E-state index contributed by atoms with van der Waals surface area (Å²) in [7, 11) is 0. The van der Waals surface area contributed by atoms with Gasteiger partial charge in [0.25, 0.3) is 0 Å². The van der Waals surface area contributed by atoms with E-state index in [0.29, 0.717) is 47.7 Å². The Bertz CT molecular complexity index is 1150. The molecule has 2 aromatic carbocycles. The number of fused-ring (bicyclic) bond motifs is 1. The van der Waals surface area contributed by atoms with E-state index in [9.17, 15) is 4.79 Å². The highest BCUT2D eigenvalue weighted by Crippen LogP contribution is 2.44. The zero-order chi connectivity index (χ0) is 24.2. The molecule has 1 saturated heterocycles. The number of Topliss-reactive ketones (excluding diaryl/α,β-unsaturated/α-hetero) is 1. The van der Waals surface area contributed by atoms with Crippen LogP contribution in [0.4, 0.5) is 0 Å². The van der Waals surface area contributed by atoms with Crippen LogP contribution < -0.4 is 9.47 Å². The molecule has 6 heteroatoms. The molecule has 5 rings (SSSR count). The standard InChI is InChI=1S/C29H35NO5/c1-20-25-10-14-33-27(25)29(35-19-22-8-9-24(18-22)23-6-4-3-5-7-23)28(26(20)21(2)31)34-17-13-30-11-15-32-16-12-30/h3-7,10,14,22,24H,8-9,11-13,15-19H2,1-2H3/t22-,24+/m0/s1. The summed E-state index contributed by atoms with van der Waals surface area (Å²) in [6.45, 7) is 8.66. The van der Waals surface area contributed by atoms with Crippen LogP contribution in [0.5, 0.6) is 11.5 Å². The zero-order valence-corrected chi connectivity index (χ0v) is 20.8. The van der Waals surface area contributed by atoms with E-state index in [1.807, 2.05) is 13.0 Å². The average Bonchev–Trinajstić information content (AvgIpc) is 3.55. The van der Waals surface area contributed by atoms with Gasteiger partial charge in [0.1, 0.15) is 6.61 Å². The molecule has 2 aliphatic rings. The summed E-state index contributed by atoms with van der Waals surface area (Å²) in [5, 5.41) is 0.902. The van der Waals surface area contributed by atoms with Gasteiger partial charge in [-0.15, -0.1) is 0 Å². The molecule has 1 aliphatic carbocycles. The van der Waals surface area contributed by atoms with Crippen LogP contribution in [-0.4, -0.2) is 56.7 Å². The molecule has 0 amide bonds. The molecule has 0 radical (unpaired) electrons. The Kier molecular flexibility index (Phi) is 7.40. The number of rotatable bonds is 9. The van der Waals surface area contributed by atoms with Gasteiger partial charge in [-0.3, -0.25) is 9.69 Å². The van der Waals surface area contributed by atoms with E-state index in [1.54, 1.807) is 13.2 Å². The first-order valence-corrected chi connectivity index (χ1v) is 12.8. The Labute approximate surface area is 207 Å². The molecule has 1 saturated carbocycles. The predicted octanol–water partition coefficient (Wildman–Crippen LogP) is 5.62. The molecular weight excluding hydrogens is 442 g/mol. The molecule has 2 fully saturated rings. The van der Waals surface area contributed by atoms with Gasteiger partial charge in [0, 0.05) is 25.0 Å². The Morgan fingerprint density at radius 1 is 1.06 bits per heavy atom. The number of hydrogen-bond acceptors (Lipinski definition) is 6. The van der Waals surface area contributed by atoms with Crippen molar-refractivity contribution < 1.29 is 23.4 Å². The van der Waals surface area contributed by atoms with E-state index in [0.717, 1.165) is 56.6 Å². The maximum absolute atomic E-state index is 12.7. The molecule has 35 heavy (non-hydrogen) atoms. The summed E-state index contributed by atoms with van der Waals surface area (Å²) in [5.41, 5.74) is 3.53. The first-order chi connectivity index (χ1) is 17.1. The lowest BCUT2D eigenvalue weighted by molar-refractivity contribution is 0.0320. The van der Waals surface area contributed by atoms with Crippen molar-refractivity contribution in [1.82, 2.24) is 4.90 Å². The summed E-state index contributed by atoms with van der Waals surface area (Å²) in [4.78, 5) is 15.1. The van der Waals surface area contributed by atoms with Gasteiger partial charge in [-0.2, -0.15) is 0 Å². The topological polar surface area (TPSA) is 61.1 Å². The van der Waals surface area contributed by atoms with Gasteiger partial charge in [-0.1, -0.05) is 30.3 Å². The first kappa shape index (κ1) is 23.9. The molecule has 6 nitrogen and oxygen atoms in total. The molecule has 1 aliphatic heterocycles. The highest BCUT2D eigenvalue weighted by atomic mass is 16.5. The van der Waals surface area contributed by atoms with Gasteiger partial charge in [0.05, 0.1) is 31.6 Å². The average molecular weight is 478 g/mol. The lowest BCUT2D eigenvalue weighted by atomic mass is 9.96. The van der Waals surface area contributed by atoms with Crippen molar-refractivity contribution in [3.05, 3.63) is 59.4 Å². The molecule has 3 aromatic rings. The van der Waals surface area contributed by atoms with Crippen molar-refractivity contribution in [1.29, 1.82) is 0 Å². The fourth-order valence-corrected chi connectivity index (χ4v) is 5.55. The number of carbonyl (C=O) groups excluding carboxylic acids is 1. The number of nitrogens with zero attached hydrogens (tertiary/aromatic N) is 1. The maximum atomic E-state index is 12.7. The van der Waals surface area contributed by atoms with Gasteiger partial charge in [-0.25, -0.2) is 0 Å². The second kappa shape index (κ2) is 10.8. The summed E-state index contributed by atoms with van der Waals surface area (Å²) < 4.78 is 24.1. The van der Waals surface area contributed by atoms with E-state index in [1.165, 1.54) is 12.0 Å². The minimum Gasteiger partial charge on any atom is -0.487 e. The van der Waals surface area contributed by atoms with Crippen molar-refractivity contribution >= 4 is 16.8 Å². The Hall–Kier alpha value is -2.83. The SMILES string of the molecule is CC(=O)c1c(OCCN2CCOCC2)c(OC[C@H]2CC[C@@H](c3ccccc3)C2)c2occc2c1C. The molecule has 2 atom stereocenters. The summed E-state index contributed by atoms with van der Waals surface area (Å²) >= 11 is 0. The minimum absolute atomic E-state index is 0.0261. The monoisotopic (exact) mass is 477 g/mol. The van der Waals surface area contributed by atoms with Gasteiger partial charge in [0.2, 0.25) is 5.75 Å². The van der Waals surface area contributed by atoms with Crippen molar-refractivity contribution in [2.24, 2.45) is 5.92 Å². The van der Waals surface area contributed by atoms with Gasteiger partial charge in [0.15, 0.2) is 17.1 Å². The molecule has 2 heterocycles. The third-order valence-electron chi connectivity index (χ3n) is 7.47. The number of ketones is 1. The largest absolute Gasteiger partial charge is 0.487 e. The lowest BCUT2D eigenvalue weighted by Crippen LogP contribution is -2.38. The van der Waals surface area contributed by atoms with Gasteiger partial charge >= 0.3 is 0 Å². The van der Waals surface area contributed by atoms with Crippen LogP contribution >= 0.6 is 0 Å². The minimum atomic E-state index is -0.0261. The second-order valence-electron chi connectivity index (χ2n) is 9.78. The first-order valence-electron chi connectivity index (χ1n) is 12.8. The van der Waals surface area contributed by atoms with Crippen molar-refractivity contribution in [3.63, 3.8) is 0 Å². The van der Waals surface area contributed by atoms with Crippen molar-refractivity contribution in [2.45, 2.75) is 39.0 Å². The highest BCUT2D eigenvalue weighted by Gasteiger charge is 2.29. The quantitative estimate of drug-likeness (QED) is 0.373. The van der Waals surface area contributed by atoms with E-state index in [2.05, 4.69) is 35.2 Å². The smallest absolute Gasteiger partial charge is 0.205 e. The summed E-state index contributed by atoms with van der Waals surface area (Å²) in [6, 6.07) is 12.6. The maximum Gasteiger partial charge on any atom is 0.205 e. The van der Waals surface area contributed by atoms with E-state index in [-0.39, 0.29) is 5.78 Å². The van der Waals surface area contributed by atoms with E-state index < -0.39 is 0 Å². The Morgan fingerprint density at radius 3 is 2.63 bits per heavy atom. The molecule has 1 aromatic heterocycles. The lowest BCUT2D eigenvalue weighted by Gasteiger charge is -2.27. The molecule has 0 spiro atoms. The van der Waals surface area contributed by atoms with Gasteiger partial charge in [-0.05, 0) is 62.1 Å². The van der Waals surface area contributed by atoms with Crippen LogP contribution in [0.2, 0.25) is 0 Å². The molecule has 0 N–H and O–H groups in total. The third kappa shape index (κ3) is 5.24. The number of ether oxygens (including phenoxy) is 3. The molecular formula is C29H35NO5. The number of furan rings is 1. The number of morpholine rings is 1. The predicted molar refractivity (Wildman–Crippen MR) is 136 cm³/mol. The number of aryl methyl sites for hydroxylation is 1. The normalized spacial score (nSPS) is 20.9. The fourth-order valence-electron chi connectivity index (χ4n) is 5.55. The van der Waals surface area contributed by atoms with Crippen LogP contribution in [0.1, 0.15) is 53.6 Å². The fraction of sp³-hybridized carbons (Fsp3) is 0.483. The van der Waals surface area contributed by atoms with Crippen LogP contribution in [0.3, 0.4) is 0 Å². The van der Waals surface area contributed by atoms with Crippen LogP contribution in [0.25, 0.3) is 11.0 Å². The van der Waals surface area contributed by atoms with Crippen molar-refractivity contribution in [3.8, 4) is 11.5 Å². The second-order valence-corrected chi connectivity index (χ2v) is 9.78. The van der Waals surface area contributed by atoms with Crippen LogP contribution in [0, 0.1) is 12.8 Å². The Balaban J connectivity index is 1.35. The molecule has 186 valence electrons. The van der Waals surface area contributed by atoms with Crippen LogP contribution in [-0.2, 0) is 4.74 Å². The summed E-state index contributed by atoms with van der Waals surface area (Å²) in [6.07, 6.45) is 5.06. The third-order valence-corrected chi connectivity index (χ3v) is 7.47. The zero-order valence-electron chi connectivity index (χ0n) is 20.8. The number of carbonyl (C=O) groups is 1. The number of hydrogen-bond donors (Lipinski definition) is 0.